The molecule has 2 aromatic rings. The van der Waals surface area contributed by atoms with Crippen molar-refractivity contribution < 1.29 is 4.79 Å². The van der Waals surface area contributed by atoms with Crippen molar-refractivity contribution in [3.05, 3.63) is 69.2 Å². The van der Waals surface area contributed by atoms with E-state index in [1.165, 1.54) is 0 Å². The first kappa shape index (κ1) is 16.0. The van der Waals surface area contributed by atoms with Gasteiger partial charge in [-0.2, -0.15) is 0 Å². The number of hydrogen-bond acceptors (Lipinski definition) is 2. The Hall–Kier alpha value is -1.36. The highest BCUT2D eigenvalue weighted by molar-refractivity contribution is 9.10. The Balaban J connectivity index is 2.30. The van der Waals surface area contributed by atoms with Crippen molar-refractivity contribution in [2.75, 3.05) is 0 Å². The molecule has 0 spiro atoms. The summed E-state index contributed by atoms with van der Waals surface area (Å²) in [5.74, 6) is -0.470. The molecule has 1 amide bonds. The van der Waals surface area contributed by atoms with Crippen LogP contribution in [-0.2, 0) is 16.9 Å². The number of nitrogens with two attached hydrogens (primary N) is 1. The minimum Gasteiger partial charge on any atom is -0.368 e. The van der Waals surface area contributed by atoms with Crippen molar-refractivity contribution in [3.63, 3.8) is 0 Å². The van der Waals surface area contributed by atoms with Crippen LogP contribution in [0.5, 0.6) is 0 Å². The molecular formula is C16H16BrClN2O. The third kappa shape index (κ3) is 3.64. The summed E-state index contributed by atoms with van der Waals surface area (Å²) >= 11 is 9.62. The zero-order valence-corrected chi connectivity index (χ0v) is 13.9. The molecule has 0 bridgehead atoms. The van der Waals surface area contributed by atoms with E-state index in [1.54, 1.807) is 19.1 Å². The first-order valence-electron chi connectivity index (χ1n) is 6.48. The van der Waals surface area contributed by atoms with Crippen LogP contribution in [0.25, 0.3) is 0 Å². The van der Waals surface area contributed by atoms with Gasteiger partial charge in [-0.3, -0.25) is 10.1 Å². The summed E-state index contributed by atoms with van der Waals surface area (Å²) in [4.78, 5) is 12.0. The summed E-state index contributed by atoms with van der Waals surface area (Å²) in [6, 6.07) is 15.2. The molecule has 0 saturated heterocycles. The maximum Gasteiger partial charge on any atom is 0.242 e. The van der Waals surface area contributed by atoms with Gasteiger partial charge in [-0.25, -0.2) is 0 Å². The van der Waals surface area contributed by atoms with Crippen LogP contribution in [0, 0.1) is 0 Å². The minimum atomic E-state index is -1.03. The first-order chi connectivity index (χ1) is 9.93. The van der Waals surface area contributed by atoms with Gasteiger partial charge >= 0.3 is 0 Å². The van der Waals surface area contributed by atoms with Crippen LogP contribution < -0.4 is 11.1 Å². The highest BCUT2D eigenvalue weighted by atomic mass is 79.9. The lowest BCUT2D eigenvalue weighted by Gasteiger charge is -2.29. The van der Waals surface area contributed by atoms with Gasteiger partial charge in [-0.15, -0.1) is 0 Å². The van der Waals surface area contributed by atoms with Crippen molar-refractivity contribution in [3.8, 4) is 0 Å². The zero-order valence-electron chi connectivity index (χ0n) is 11.6. The second kappa shape index (κ2) is 6.60. The van der Waals surface area contributed by atoms with E-state index in [4.69, 9.17) is 17.3 Å². The van der Waals surface area contributed by atoms with E-state index < -0.39 is 11.4 Å². The molecule has 5 heteroatoms. The Bertz CT molecular complexity index is 648. The maximum absolute atomic E-state index is 12.0. The number of rotatable bonds is 5. The van der Waals surface area contributed by atoms with Crippen molar-refractivity contribution in [2.45, 2.75) is 19.0 Å². The third-order valence-electron chi connectivity index (χ3n) is 3.45. The Morgan fingerprint density at radius 3 is 2.52 bits per heavy atom. The number of benzene rings is 2. The molecule has 0 fully saturated rings. The van der Waals surface area contributed by atoms with Crippen LogP contribution in [0.4, 0.5) is 0 Å². The van der Waals surface area contributed by atoms with Gasteiger partial charge in [-0.1, -0.05) is 63.9 Å². The molecule has 0 heterocycles. The Labute approximate surface area is 137 Å². The van der Waals surface area contributed by atoms with Gasteiger partial charge in [0.15, 0.2) is 0 Å². The van der Waals surface area contributed by atoms with Crippen LogP contribution in [0.2, 0.25) is 5.02 Å². The monoisotopic (exact) mass is 366 g/mol. The molecule has 0 saturated carbocycles. The van der Waals surface area contributed by atoms with Gasteiger partial charge in [0.05, 0.1) is 0 Å². The summed E-state index contributed by atoms with van der Waals surface area (Å²) in [6.07, 6.45) is 0. The van der Waals surface area contributed by atoms with E-state index in [9.17, 15) is 4.79 Å². The minimum absolute atomic E-state index is 0.470. The third-order valence-corrected chi connectivity index (χ3v) is 4.26. The number of carbonyl (C=O) groups excluding carboxylic acids is 1. The number of hydrogen-bond donors (Lipinski definition) is 2. The molecule has 2 aromatic carbocycles. The van der Waals surface area contributed by atoms with Crippen LogP contribution >= 0.6 is 27.5 Å². The van der Waals surface area contributed by atoms with Gasteiger partial charge in [0.1, 0.15) is 5.54 Å². The fraction of sp³-hybridized carbons (Fsp3) is 0.188. The largest absolute Gasteiger partial charge is 0.368 e. The predicted molar refractivity (Wildman–Crippen MR) is 89.0 cm³/mol. The lowest BCUT2D eigenvalue weighted by molar-refractivity contribution is -0.124. The molecule has 2 rings (SSSR count). The number of halogens is 2. The van der Waals surface area contributed by atoms with E-state index in [0.717, 1.165) is 10.0 Å². The smallest absolute Gasteiger partial charge is 0.242 e. The first-order valence-corrected chi connectivity index (χ1v) is 7.65. The average molecular weight is 368 g/mol. The van der Waals surface area contributed by atoms with Crippen LogP contribution in [0.1, 0.15) is 18.1 Å². The molecule has 3 nitrogen and oxygen atoms in total. The van der Waals surface area contributed by atoms with E-state index in [2.05, 4.69) is 21.2 Å². The van der Waals surface area contributed by atoms with Gasteiger partial charge in [0.2, 0.25) is 5.91 Å². The Morgan fingerprint density at radius 1 is 1.29 bits per heavy atom. The molecule has 3 N–H and O–H groups in total. The van der Waals surface area contributed by atoms with Crippen LogP contribution in [-0.4, -0.2) is 5.91 Å². The Kier molecular flexibility index (Phi) is 5.04. The van der Waals surface area contributed by atoms with E-state index in [0.29, 0.717) is 17.1 Å². The van der Waals surface area contributed by atoms with Gasteiger partial charge in [0, 0.05) is 16.0 Å². The Morgan fingerprint density at radius 2 is 1.95 bits per heavy atom. The lowest BCUT2D eigenvalue weighted by atomic mass is 9.90. The molecule has 0 aliphatic rings. The normalized spacial score (nSPS) is 13.7. The molecule has 0 radical (unpaired) electrons. The lowest BCUT2D eigenvalue weighted by Crippen LogP contribution is -2.50. The summed E-state index contributed by atoms with van der Waals surface area (Å²) < 4.78 is 0.853. The topological polar surface area (TPSA) is 55.1 Å². The van der Waals surface area contributed by atoms with Crippen molar-refractivity contribution in [1.82, 2.24) is 5.32 Å². The van der Waals surface area contributed by atoms with Gasteiger partial charge < -0.3 is 5.73 Å². The quantitative estimate of drug-likeness (QED) is 0.848. The second-order valence-electron chi connectivity index (χ2n) is 4.95. The van der Waals surface area contributed by atoms with Crippen molar-refractivity contribution in [1.29, 1.82) is 0 Å². The van der Waals surface area contributed by atoms with Gasteiger partial charge in [-0.05, 0) is 30.2 Å². The fourth-order valence-corrected chi connectivity index (χ4v) is 2.95. The van der Waals surface area contributed by atoms with Crippen molar-refractivity contribution in [2.24, 2.45) is 5.73 Å². The van der Waals surface area contributed by atoms with E-state index in [-0.39, 0.29) is 0 Å². The molecule has 21 heavy (non-hydrogen) atoms. The number of carbonyl (C=O) groups is 1. The highest BCUT2D eigenvalue weighted by Gasteiger charge is 2.34. The molecule has 0 aliphatic carbocycles. The van der Waals surface area contributed by atoms with Crippen molar-refractivity contribution >= 4 is 33.4 Å². The van der Waals surface area contributed by atoms with E-state index in [1.807, 2.05) is 36.4 Å². The fourth-order valence-electron chi connectivity index (χ4n) is 2.08. The molecule has 1 atom stereocenters. The standard InChI is InChI=1S/C16H16BrClN2O/c1-16(15(19)21,13-8-7-12(17)9-14(13)18)20-10-11-5-3-2-4-6-11/h2-9,20H,10H2,1H3,(H2,19,21). The second-order valence-corrected chi connectivity index (χ2v) is 6.28. The SMILES string of the molecule is CC(NCc1ccccc1)(C(N)=O)c1ccc(Br)cc1Cl. The molecule has 0 aliphatic heterocycles. The summed E-state index contributed by atoms with van der Waals surface area (Å²) in [7, 11) is 0. The molecule has 110 valence electrons. The molecule has 0 aromatic heterocycles. The molecular weight excluding hydrogens is 352 g/mol. The summed E-state index contributed by atoms with van der Waals surface area (Å²) in [5, 5.41) is 3.71. The average Bonchev–Trinajstić information content (AvgIpc) is 2.45. The predicted octanol–water partition coefficient (Wildman–Crippen LogP) is 3.59. The zero-order chi connectivity index (χ0) is 15.5. The number of amides is 1. The number of nitrogens with one attached hydrogen (secondary N) is 1. The van der Waals surface area contributed by atoms with Crippen LogP contribution in [0.3, 0.4) is 0 Å². The maximum atomic E-state index is 12.0. The van der Waals surface area contributed by atoms with Crippen LogP contribution in [0.15, 0.2) is 53.0 Å². The molecule has 1 unspecified atom stereocenters. The highest BCUT2D eigenvalue weighted by Crippen LogP contribution is 2.30. The summed E-state index contributed by atoms with van der Waals surface area (Å²) in [5.41, 5.74) is 6.30. The number of primary amides is 1. The van der Waals surface area contributed by atoms with Gasteiger partial charge in [0.25, 0.3) is 0 Å². The summed E-state index contributed by atoms with van der Waals surface area (Å²) in [6.45, 7) is 2.26. The van der Waals surface area contributed by atoms with E-state index >= 15 is 0 Å².